The van der Waals surface area contributed by atoms with Gasteiger partial charge >= 0.3 is 12.1 Å². The van der Waals surface area contributed by atoms with Crippen LogP contribution in [-0.2, 0) is 11.2 Å². The number of likely N-dealkylation sites (tertiary alicyclic amines) is 1. The Morgan fingerprint density at radius 2 is 1.79 bits per heavy atom. The zero-order valence-electron chi connectivity index (χ0n) is 20.7. The second kappa shape index (κ2) is 11.0. The van der Waals surface area contributed by atoms with Crippen molar-refractivity contribution in [2.24, 2.45) is 0 Å². The number of carbonyl (C=O) groups is 2. The second-order valence-electron chi connectivity index (χ2n) is 9.69. The minimum atomic E-state index is -5.08. The van der Waals surface area contributed by atoms with Crippen LogP contribution in [0, 0.1) is 0 Å². The van der Waals surface area contributed by atoms with E-state index >= 15 is 0 Å². The Morgan fingerprint density at radius 1 is 1.13 bits per heavy atom. The van der Waals surface area contributed by atoms with Crippen molar-refractivity contribution < 1.29 is 37.7 Å². The van der Waals surface area contributed by atoms with Crippen LogP contribution in [0.3, 0.4) is 0 Å². The number of halogens is 4. The van der Waals surface area contributed by atoms with Gasteiger partial charge in [0.15, 0.2) is 0 Å². The highest BCUT2D eigenvalue weighted by molar-refractivity contribution is 6.30. The largest absolute Gasteiger partial charge is 0.490 e. The van der Waals surface area contributed by atoms with Gasteiger partial charge in [0.2, 0.25) is 0 Å². The highest BCUT2D eigenvalue weighted by Gasteiger charge is 2.45. The molecule has 2 saturated heterocycles. The van der Waals surface area contributed by atoms with Crippen molar-refractivity contribution in [3.63, 3.8) is 0 Å². The van der Waals surface area contributed by atoms with Crippen LogP contribution in [0.4, 0.5) is 18.9 Å². The van der Waals surface area contributed by atoms with E-state index in [9.17, 15) is 23.1 Å². The number of benzene rings is 2. The van der Waals surface area contributed by atoms with Gasteiger partial charge in [0.25, 0.3) is 5.91 Å². The number of hydrogen-bond donors (Lipinski definition) is 3. The number of fused-ring (bicyclic) bond motifs is 1. The summed E-state index contributed by atoms with van der Waals surface area (Å²) in [5.74, 6) is -1.91. The van der Waals surface area contributed by atoms with E-state index < -0.39 is 18.2 Å². The van der Waals surface area contributed by atoms with Crippen LogP contribution < -0.4 is 15.0 Å². The molecule has 2 fully saturated rings. The SMILES string of the molecule is CNC(=O)c1ccccc1N1CC(N2CCC3(CC2)Cc2cc(Cl)ccc2O3)[C@H](O)C1.O=C(O)C(F)(F)F. The van der Waals surface area contributed by atoms with Crippen molar-refractivity contribution in [1.82, 2.24) is 10.2 Å². The lowest BCUT2D eigenvalue weighted by atomic mass is 9.86. The number of alkyl halides is 3. The maximum absolute atomic E-state index is 12.3. The maximum Gasteiger partial charge on any atom is 0.490 e. The number of piperidine rings is 1. The molecule has 12 heteroatoms. The van der Waals surface area contributed by atoms with Gasteiger partial charge in [-0.05, 0) is 35.9 Å². The predicted octanol–water partition coefficient (Wildman–Crippen LogP) is 3.35. The van der Waals surface area contributed by atoms with Gasteiger partial charge in [-0.15, -0.1) is 0 Å². The molecular weight excluding hydrogens is 527 g/mol. The van der Waals surface area contributed by atoms with Gasteiger partial charge in [0.1, 0.15) is 11.4 Å². The van der Waals surface area contributed by atoms with E-state index in [2.05, 4.69) is 15.1 Å². The molecule has 0 radical (unpaired) electrons. The zero-order chi connectivity index (χ0) is 27.7. The molecule has 1 unspecified atom stereocenters. The summed E-state index contributed by atoms with van der Waals surface area (Å²) in [6, 6.07) is 13.5. The van der Waals surface area contributed by atoms with Gasteiger partial charge in [-0.1, -0.05) is 23.7 Å². The molecule has 8 nitrogen and oxygen atoms in total. The Bertz CT molecular complexity index is 1190. The normalized spacial score (nSPS) is 22.3. The maximum atomic E-state index is 12.3. The number of rotatable bonds is 3. The van der Waals surface area contributed by atoms with E-state index in [1.54, 1.807) is 7.05 Å². The van der Waals surface area contributed by atoms with Gasteiger partial charge in [0, 0.05) is 63.2 Å². The monoisotopic (exact) mass is 555 g/mol. The fourth-order valence-electron chi connectivity index (χ4n) is 5.35. The topological polar surface area (TPSA) is 102 Å². The Morgan fingerprint density at radius 3 is 2.42 bits per heavy atom. The average molecular weight is 556 g/mol. The molecule has 0 bridgehead atoms. The van der Waals surface area contributed by atoms with E-state index in [0.717, 1.165) is 48.8 Å². The summed E-state index contributed by atoms with van der Waals surface area (Å²) in [7, 11) is 1.64. The molecule has 0 saturated carbocycles. The van der Waals surface area contributed by atoms with Crippen molar-refractivity contribution in [3.05, 3.63) is 58.6 Å². The number of aliphatic hydroxyl groups is 1. The van der Waals surface area contributed by atoms with Crippen LogP contribution in [0.15, 0.2) is 42.5 Å². The average Bonchev–Trinajstić information content (AvgIpc) is 3.43. The van der Waals surface area contributed by atoms with E-state index in [1.807, 2.05) is 42.5 Å². The number of carboxylic acids is 1. The van der Waals surface area contributed by atoms with Crippen molar-refractivity contribution >= 4 is 29.2 Å². The minimum absolute atomic E-state index is 0.0494. The number of nitrogens with zero attached hydrogens (tertiary/aromatic N) is 2. The summed E-state index contributed by atoms with van der Waals surface area (Å²) in [4.78, 5) is 25.7. The van der Waals surface area contributed by atoms with Gasteiger partial charge < -0.3 is 25.2 Å². The molecule has 206 valence electrons. The summed E-state index contributed by atoms with van der Waals surface area (Å²) in [5, 5.41) is 21.4. The quantitative estimate of drug-likeness (QED) is 0.534. The summed E-state index contributed by atoms with van der Waals surface area (Å²) < 4.78 is 38.1. The summed E-state index contributed by atoms with van der Waals surface area (Å²) in [5.41, 5.74) is 2.56. The fourth-order valence-corrected chi connectivity index (χ4v) is 5.54. The Labute approximate surface area is 222 Å². The summed E-state index contributed by atoms with van der Waals surface area (Å²) >= 11 is 6.16. The van der Waals surface area contributed by atoms with Gasteiger partial charge in [-0.2, -0.15) is 13.2 Å². The lowest BCUT2D eigenvalue weighted by Gasteiger charge is -2.41. The van der Waals surface area contributed by atoms with E-state index in [4.69, 9.17) is 26.2 Å². The molecule has 1 amide bonds. The van der Waals surface area contributed by atoms with Crippen molar-refractivity contribution in [3.8, 4) is 5.75 Å². The molecule has 38 heavy (non-hydrogen) atoms. The molecule has 3 heterocycles. The molecule has 0 aromatic heterocycles. The van der Waals surface area contributed by atoms with Crippen molar-refractivity contribution in [2.45, 2.75) is 43.2 Å². The fraction of sp³-hybridized carbons (Fsp3) is 0.462. The van der Waals surface area contributed by atoms with E-state index in [1.165, 1.54) is 5.56 Å². The molecule has 0 aliphatic carbocycles. The smallest absolute Gasteiger partial charge is 0.487 e. The zero-order valence-corrected chi connectivity index (χ0v) is 21.4. The second-order valence-corrected chi connectivity index (χ2v) is 10.1. The number of carbonyl (C=O) groups excluding carboxylic acids is 1. The standard InChI is InChI=1S/C24H28ClN3O3.C2HF3O2/c1-26-23(30)18-4-2-3-5-19(18)28-14-20(21(29)15-28)27-10-8-24(9-11-27)13-16-12-17(25)6-7-22(16)31-24;3-2(4,5)1(6)7/h2-7,12,20-21,29H,8-11,13-15H2,1H3,(H,26,30);(H,6,7)/t20?,21-;/m1./s1. The van der Waals surface area contributed by atoms with Gasteiger partial charge in [-0.25, -0.2) is 4.79 Å². The van der Waals surface area contributed by atoms with Crippen molar-refractivity contribution in [1.29, 1.82) is 0 Å². The number of aliphatic carboxylic acids is 1. The highest BCUT2D eigenvalue weighted by atomic mass is 35.5. The third-order valence-corrected chi connectivity index (χ3v) is 7.49. The first-order valence-corrected chi connectivity index (χ1v) is 12.6. The first-order valence-electron chi connectivity index (χ1n) is 12.2. The molecule has 5 rings (SSSR count). The number of ether oxygens (including phenoxy) is 1. The number of carboxylic acid groups (broad SMARTS) is 1. The first kappa shape index (κ1) is 28.0. The molecular formula is C26H29ClF3N3O5. The van der Waals surface area contributed by atoms with Crippen LogP contribution in [-0.4, -0.2) is 84.1 Å². The third-order valence-electron chi connectivity index (χ3n) is 7.26. The number of para-hydroxylation sites is 1. The van der Waals surface area contributed by atoms with Crippen LogP contribution >= 0.6 is 11.6 Å². The van der Waals surface area contributed by atoms with Gasteiger partial charge in [0.05, 0.1) is 17.7 Å². The third kappa shape index (κ3) is 6.00. The van der Waals surface area contributed by atoms with Crippen molar-refractivity contribution in [2.75, 3.05) is 38.1 Å². The van der Waals surface area contributed by atoms with Gasteiger partial charge in [-0.3, -0.25) is 9.69 Å². The molecule has 1 spiro atoms. The first-order chi connectivity index (χ1) is 17.9. The number of hydrogen-bond acceptors (Lipinski definition) is 6. The number of β-amino-alcohol motifs (C(OH)–C–C–N with tert-alkyl or cyclic N) is 1. The van der Waals surface area contributed by atoms with E-state index in [0.29, 0.717) is 18.7 Å². The molecule has 2 atom stereocenters. The lowest BCUT2D eigenvalue weighted by Crippen LogP contribution is -2.53. The van der Waals surface area contributed by atoms with Crippen LogP contribution in [0.5, 0.6) is 5.75 Å². The molecule has 3 aliphatic rings. The molecule has 3 aliphatic heterocycles. The Kier molecular flexibility index (Phi) is 8.10. The Hall–Kier alpha value is -3.02. The number of nitrogens with one attached hydrogen (secondary N) is 1. The van der Waals surface area contributed by atoms with E-state index in [-0.39, 0.29) is 17.6 Å². The number of aliphatic hydroxyl groups excluding tert-OH is 1. The summed E-state index contributed by atoms with van der Waals surface area (Å²) in [6.07, 6.45) is -2.78. The highest BCUT2D eigenvalue weighted by Crippen LogP contribution is 2.42. The molecule has 3 N–H and O–H groups in total. The van der Waals surface area contributed by atoms with Crippen LogP contribution in [0.1, 0.15) is 28.8 Å². The molecule has 2 aromatic carbocycles. The number of anilines is 1. The predicted molar refractivity (Wildman–Crippen MR) is 135 cm³/mol. The van der Waals surface area contributed by atoms with Crippen LogP contribution in [0.2, 0.25) is 5.02 Å². The summed E-state index contributed by atoms with van der Waals surface area (Å²) in [6.45, 7) is 3.00. The Balaban J connectivity index is 0.000000426. The minimum Gasteiger partial charge on any atom is -0.487 e. The molecule has 2 aromatic rings. The lowest BCUT2D eigenvalue weighted by molar-refractivity contribution is -0.192. The number of amides is 1. The van der Waals surface area contributed by atoms with Crippen LogP contribution in [0.25, 0.3) is 0 Å².